The van der Waals surface area contributed by atoms with E-state index in [2.05, 4.69) is 54.3 Å². The van der Waals surface area contributed by atoms with E-state index >= 15 is 0 Å². The number of hydrogen-bond acceptors (Lipinski definition) is 5. The molecule has 0 bridgehead atoms. The Bertz CT molecular complexity index is 574. The fraction of sp³-hybridized carbons (Fsp3) is 0.333. The molecule has 0 fully saturated rings. The minimum atomic E-state index is 0.638. The zero-order chi connectivity index (χ0) is 13.8. The number of anilines is 1. The van der Waals surface area contributed by atoms with Crippen LogP contribution in [0.1, 0.15) is 17.5 Å². The number of methoxy groups -OCH3 is 1. The summed E-state index contributed by atoms with van der Waals surface area (Å²) in [4.78, 5) is 0. The first kappa shape index (κ1) is 14.7. The molecule has 4 nitrogen and oxygen atoms in total. The number of rotatable bonds is 5. The third-order valence-corrected chi connectivity index (χ3v) is 4.56. The van der Waals surface area contributed by atoms with Crippen LogP contribution < -0.4 is 10.1 Å². The smallest absolute Gasteiger partial charge is 0.205 e. The Morgan fingerprint density at radius 1 is 1.32 bits per heavy atom. The van der Waals surface area contributed by atoms with Crippen LogP contribution in [0.3, 0.4) is 0 Å². The summed E-state index contributed by atoms with van der Waals surface area (Å²) >= 11 is 8.55. The van der Waals surface area contributed by atoms with Crippen LogP contribution >= 0.6 is 43.2 Å². The van der Waals surface area contributed by atoms with Crippen LogP contribution in [-0.2, 0) is 13.0 Å². The van der Waals surface area contributed by atoms with Crippen molar-refractivity contribution in [3.05, 3.63) is 31.6 Å². The summed E-state index contributed by atoms with van der Waals surface area (Å²) in [6.45, 7) is 2.71. The van der Waals surface area contributed by atoms with Crippen LogP contribution in [0.25, 0.3) is 0 Å². The molecule has 19 heavy (non-hydrogen) atoms. The molecule has 0 radical (unpaired) electrons. The van der Waals surface area contributed by atoms with E-state index in [1.54, 1.807) is 18.4 Å². The van der Waals surface area contributed by atoms with Gasteiger partial charge >= 0.3 is 0 Å². The highest BCUT2D eigenvalue weighted by Gasteiger charge is 2.10. The zero-order valence-electron chi connectivity index (χ0n) is 10.5. The van der Waals surface area contributed by atoms with Crippen LogP contribution in [0.2, 0.25) is 0 Å². The number of aryl methyl sites for hydroxylation is 1. The molecule has 7 heteroatoms. The van der Waals surface area contributed by atoms with Gasteiger partial charge in [-0.1, -0.05) is 34.2 Å². The minimum Gasteiger partial charge on any atom is -0.495 e. The van der Waals surface area contributed by atoms with Gasteiger partial charge in [0, 0.05) is 16.6 Å². The number of nitrogens with zero attached hydrogens (tertiary/aromatic N) is 2. The van der Waals surface area contributed by atoms with Crippen molar-refractivity contribution < 1.29 is 4.74 Å². The average Bonchev–Trinajstić information content (AvgIpc) is 2.83. The van der Waals surface area contributed by atoms with Crippen LogP contribution in [0, 0.1) is 0 Å². The molecule has 102 valence electrons. The Kier molecular flexibility index (Phi) is 5.18. The van der Waals surface area contributed by atoms with Crippen molar-refractivity contribution in [1.29, 1.82) is 0 Å². The number of hydrogen-bond donors (Lipinski definition) is 1. The van der Waals surface area contributed by atoms with Gasteiger partial charge in [-0.2, -0.15) is 0 Å². The lowest BCUT2D eigenvalue weighted by Crippen LogP contribution is -2.02. The molecule has 0 saturated carbocycles. The van der Waals surface area contributed by atoms with Gasteiger partial charge < -0.3 is 10.1 Å². The normalized spacial score (nSPS) is 10.5. The molecule has 0 spiro atoms. The highest BCUT2D eigenvalue weighted by Crippen LogP contribution is 2.33. The quantitative estimate of drug-likeness (QED) is 0.806. The van der Waals surface area contributed by atoms with Gasteiger partial charge in [0.2, 0.25) is 5.13 Å². The van der Waals surface area contributed by atoms with E-state index in [1.165, 1.54) is 0 Å². The number of ether oxygens (including phenoxy) is 1. The van der Waals surface area contributed by atoms with Gasteiger partial charge in [-0.25, -0.2) is 0 Å². The lowest BCUT2D eigenvalue weighted by atomic mass is 10.2. The molecule has 0 aliphatic rings. The van der Waals surface area contributed by atoms with Gasteiger partial charge in [0.05, 0.1) is 11.6 Å². The molecule has 0 unspecified atom stereocenters. The van der Waals surface area contributed by atoms with Gasteiger partial charge in [-0.3, -0.25) is 0 Å². The van der Waals surface area contributed by atoms with Crippen LogP contribution in [0.15, 0.2) is 21.1 Å². The van der Waals surface area contributed by atoms with Gasteiger partial charge in [0.25, 0.3) is 0 Å². The van der Waals surface area contributed by atoms with Gasteiger partial charge in [-0.15, -0.1) is 10.2 Å². The Morgan fingerprint density at radius 2 is 2.11 bits per heavy atom. The molecule has 1 N–H and O–H groups in total. The molecule has 2 rings (SSSR count). The van der Waals surface area contributed by atoms with Crippen molar-refractivity contribution in [3.63, 3.8) is 0 Å². The maximum Gasteiger partial charge on any atom is 0.205 e. The van der Waals surface area contributed by atoms with Crippen molar-refractivity contribution in [2.45, 2.75) is 19.9 Å². The van der Waals surface area contributed by atoms with Gasteiger partial charge in [0.1, 0.15) is 10.8 Å². The average molecular weight is 407 g/mol. The molecule has 1 aromatic heterocycles. The first-order chi connectivity index (χ1) is 9.13. The van der Waals surface area contributed by atoms with E-state index in [-0.39, 0.29) is 0 Å². The van der Waals surface area contributed by atoms with Crippen molar-refractivity contribution in [2.75, 3.05) is 12.4 Å². The molecular weight excluding hydrogens is 394 g/mol. The molecule has 0 amide bonds. The van der Waals surface area contributed by atoms with E-state index in [0.717, 1.165) is 36.8 Å². The fourth-order valence-corrected chi connectivity index (χ4v) is 3.76. The molecular formula is C12H13Br2N3OS. The second-order valence-electron chi connectivity index (χ2n) is 3.79. The maximum absolute atomic E-state index is 5.41. The molecule has 1 heterocycles. The predicted octanol–water partition coefficient (Wildman–Crippen LogP) is 4.25. The Hall–Kier alpha value is -0.660. The van der Waals surface area contributed by atoms with E-state index in [1.807, 2.05) is 12.1 Å². The number of nitrogens with one attached hydrogen (secondary N) is 1. The fourth-order valence-electron chi connectivity index (χ4n) is 1.61. The van der Waals surface area contributed by atoms with Crippen LogP contribution in [-0.4, -0.2) is 17.3 Å². The minimum absolute atomic E-state index is 0.638. The summed E-state index contributed by atoms with van der Waals surface area (Å²) in [5.74, 6) is 0.830. The largest absolute Gasteiger partial charge is 0.495 e. The maximum atomic E-state index is 5.41. The summed E-state index contributed by atoms with van der Waals surface area (Å²) in [7, 11) is 1.66. The van der Waals surface area contributed by atoms with Gasteiger partial charge in [-0.05, 0) is 34.5 Å². The van der Waals surface area contributed by atoms with Crippen molar-refractivity contribution in [3.8, 4) is 5.75 Å². The van der Waals surface area contributed by atoms with Crippen LogP contribution in [0.5, 0.6) is 5.75 Å². The molecule has 0 saturated heterocycles. The molecule has 0 aliphatic carbocycles. The first-order valence-electron chi connectivity index (χ1n) is 5.72. The van der Waals surface area contributed by atoms with E-state index in [9.17, 15) is 0 Å². The van der Waals surface area contributed by atoms with E-state index < -0.39 is 0 Å². The number of halogens is 2. The van der Waals surface area contributed by atoms with Crippen molar-refractivity contribution >= 4 is 48.3 Å². The van der Waals surface area contributed by atoms with Crippen molar-refractivity contribution in [1.82, 2.24) is 10.2 Å². The highest BCUT2D eigenvalue weighted by atomic mass is 79.9. The zero-order valence-corrected chi connectivity index (χ0v) is 14.5. The van der Waals surface area contributed by atoms with Crippen molar-refractivity contribution in [2.24, 2.45) is 0 Å². The molecule has 0 aliphatic heterocycles. The lowest BCUT2D eigenvalue weighted by Gasteiger charge is -2.11. The SMILES string of the molecule is CCc1nnc(NCc2cc(Br)cc(Br)c2OC)s1. The molecule has 0 atom stereocenters. The van der Waals surface area contributed by atoms with Crippen LogP contribution in [0.4, 0.5) is 5.13 Å². The lowest BCUT2D eigenvalue weighted by molar-refractivity contribution is 0.407. The third kappa shape index (κ3) is 3.67. The summed E-state index contributed by atoms with van der Waals surface area (Å²) in [5.41, 5.74) is 1.05. The summed E-state index contributed by atoms with van der Waals surface area (Å²) in [6.07, 6.45) is 0.908. The van der Waals surface area contributed by atoms with E-state index in [0.29, 0.717) is 6.54 Å². The topological polar surface area (TPSA) is 47.0 Å². The first-order valence-corrected chi connectivity index (χ1v) is 8.12. The summed E-state index contributed by atoms with van der Waals surface area (Å²) in [5, 5.41) is 13.3. The number of benzene rings is 1. The summed E-state index contributed by atoms with van der Waals surface area (Å²) < 4.78 is 7.33. The Labute approximate surface area is 132 Å². The predicted molar refractivity (Wildman–Crippen MR) is 85.0 cm³/mol. The molecule has 1 aromatic carbocycles. The second-order valence-corrected chi connectivity index (χ2v) is 6.62. The highest BCUT2D eigenvalue weighted by molar-refractivity contribution is 9.11. The van der Waals surface area contributed by atoms with Gasteiger partial charge in [0.15, 0.2) is 0 Å². The standard InChI is InChI=1S/C12H13Br2N3OS/c1-3-10-16-17-12(19-10)15-6-7-4-8(13)5-9(14)11(7)18-2/h4-5H,3,6H2,1-2H3,(H,15,17). The Balaban J connectivity index is 2.14. The second kappa shape index (κ2) is 6.67. The Morgan fingerprint density at radius 3 is 2.74 bits per heavy atom. The monoisotopic (exact) mass is 405 g/mol. The van der Waals surface area contributed by atoms with E-state index in [4.69, 9.17) is 4.74 Å². The summed E-state index contributed by atoms with van der Waals surface area (Å²) in [6, 6.07) is 3.99. The number of aromatic nitrogens is 2. The third-order valence-electron chi connectivity index (χ3n) is 2.49. The molecule has 2 aromatic rings.